The Kier molecular flexibility index (Phi) is 5.94. The molecule has 0 heterocycles. The highest BCUT2D eigenvalue weighted by Gasteiger charge is 2.40. The van der Waals surface area contributed by atoms with E-state index in [0.29, 0.717) is 17.6 Å². The van der Waals surface area contributed by atoms with Crippen LogP contribution in [0, 0.1) is 11.3 Å². The molecule has 1 unspecified atom stereocenters. The number of hydrogen-bond acceptors (Lipinski definition) is 2. The fourth-order valence-corrected chi connectivity index (χ4v) is 3.44. The first-order valence-corrected chi connectivity index (χ1v) is 7.29. The Morgan fingerprint density at radius 2 is 1.71 bits per heavy atom. The first kappa shape index (κ1) is 15.0. The SMILES string of the molecule is CNC(COC(C)C)C1(CC(C)C)CCCC1. The van der Waals surface area contributed by atoms with Crippen LogP contribution < -0.4 is 5.32 Å². The molecule has 0 aromatic rings. The quantitative estimate of drug-likeness (QED) is 0.735. The molecule has 0 saturated heterocycles. The van der Waals surface area contributed by atoms with Crippen molar-refractivity contribution in [3.63, 3.8) is 0 Å². The van der Waals surface area contributed by atoms with Gasteiger partial charge in [0.15, 0.2) is 0 Å². The molecule has 1 N–H and O–H groups in total. The van der Waals surface area contributed by atoms with Gasteiger partial charge >= 0.3 is 0 Å². The van der Waals surface area contributed by atoms with Gasteiger partial charge in [0.2, 0.25) is 0 Å². The van der Waals surface area contributed by atoms with E-state index < -0.39 is 0 Å². The fourth-order valence-electron chi connectivity index (χ4n) is 3.44. The number of hydrogen-bond donors (Lipinski definition) is 1. The van der Waals surface area contributed by atoms with Crippen molar-refractivity contribution in [2.24, 2.45) is 11.3 Å². The summed E-state index contributed by atoms with van der Waals surface area (Å²) in [4.78, 5) is 0. The molecule has 0 aliphatic heterocycles. The minimum absolute atomic E-state index is 0.336. The normalized spacial score (nSPS) is 21.4. The third-order valence-electron chi connectivity index (χ3n) is 4.10. The lowest BCUT2D eigenvalue weighted by Crippen LogP contribution is -2.46. The van der Waals surface area contributed by atoms with Gasteiger partial charge < -0.3 is 10.1 Å². The number of ether oxygens (including phenoxy) is 1. The summed E-state index contributed by atoms with van der Waals surface area (Å²) in [6.07, 6.45) is 7.21. The van der Waals surface area contributed by atoms with Gasteiger partial charge in [0.25, 0.3) is 0 Å². The van der Waals surface area contributed by atoms with Gasteiger partial charge in [-0.05, 0) is 51.5 Å². The van der Waals surface area contributed by atoms with Gasteiger partial charge in [0.1, 0.15) is 0 Å². The summed E-state index contributed by atoms with van der Waals surface area (Å²) in [6.45, 7) is 9.79. The van der Waals surface area contributed by atoms with Crippen LogP contribution in [0.5, 0.6) is 0 Å². The van der Waals surface area contributed by atoms with E-state index >= 15 is 0 Å². The molecule has 102 valence electrons. The van der Waals surface area contributed by atoms with Crippen molar-refractivity contribution >= 4 is 0 Å². The van der Waals surface area contributed by atoms with Crippen molar-refractivity contribution < 1.29 is 4.74 Å². The van der Waals surface area contributed by atoms with E-state index in [4.69, 9.17) is 4.74 Å². The maximum absolute atomic E-state index is 5.85. The maximum atomic E-state index is 5.85. The van der Waals surface area contributed by atoms with E-state index in [1.165, 1.54) is 32.1 Å². The molecule has 1 saturated carbocycles. The third kappa shape index (κ3) is 4.26. The minimum Gasteiger partial charge on any atom is -0.377 e. The molecule has 1 aliphatic carbocycles. The van der Waals surface area contributed by atoms with Crippen LogP contribution in [-0.4, -0.2) is 25.8 Å². The molecule has 17 heavy (non-hydrogen) atoms. The second-order valence-electron chi connectivity index (χ2n) is 6.39. The summed E-state index contributed by atoms with van der Waals surface area (Å²) in [6, 6.07) is 0.523. The van der Waals surface area contributed by atoms with Crippen molar-refractivity contribution in [1.29, 1.82) is 0 Å². The fraction of sp³-hybridized carbons (Fsp3) is 1.00. The van der Waals surface area contributed by atoms with Crippen molar-refractivity contribution in [2.75, 3.05) is 13.7 Å². The summed E-state index contributed by atoms with van der Waals surface area (Å²) in [5, 5.41) is 3.52. The van der Waals surface area contributed by atoms with Gasteiger partial charge in [-0.3, -0.25) is 0 Å². The molecule has 0 radical (unpaired) electrons. The molecule has 1 rings (SSSR count). The highest BCUT2D eigenvalue weighted by atomic mass is 16.5. The average molecular weight is 241 g/mol. The van der Waals surface area contributed by atoms with Gasteiger partial charge in [0, 0.05) is 6.04 Å². The van der Waals surface area contributed by atoms with Crippen LogP contribution in [0.3, 0.4) is 0 Å². The summed E-state index contributed by atoms with van der Waals surface area (Å²) < 4.78 is 5.85. The Morgan fingerprint density at radius 1 is 1.12 bits per heavy atom. The molecular formula is C15H31NO. The zero-order valence-electron chi connectivity index (χ0n) is 12.4. The van der Waals surface area contributed by atoms with Crippen LogP contribution in [0.1, 0.15) is 59.8 Å². The molecular weight excluding hydrogens is 210 g/mol. The Balaban J connectivity index is 2.65. The van der Waals surface area contributed by atoms with Crippen LogP contribution in [0.15, 0.2) is 0 Å². The van der Waals surface area contributed by atoms with Crippen LogP contribution in [0.2, 0.25) is 0 Å². The molecule has 1 atom stereocenters. The predicted molar refractivity (Wildman–Crippen MR) is 74.3 cm³/mol. The lowest BCUT2D eigenvalue weighted by molar-refractivity contribution is 0.0194. The molecule has 0 bridgehead atoms. The van der Waals surface area contributed by atoms with Crippen LogP contribution in [-0.2, 0) is 4.74 Å². The lowest BCUT2D eigenvalue weighted by Gasteiger charge is -2.39. The molecule has 0 amide bonds. The van der Waals surface area contributed by atoms with Gasteiger partial charge in [-0.15, -0.1) is 0 Å². The summed E-state index contributed by atoms with van der Waals surface area (Å²) in [5.41, 5.74) is 0.484. The van der Waals surface area contributed by atoms with Crippen LogP contribution in [0.4, 0.5) is 0 Å². The Bertz CT molecular complexity index is 207. The molecule has 0 aromatic heterocycles. The highest BCUT2D eigenvalue weighted by Crippen LogP contribution is 2.46. The molecule has 0 aromatic carbocycles. The zero-order chi connectivity index (χ0) is 12.9. The smallest absolute Gasteiger partial charge is 0.0628 e. The number of rotatable bonds is 7. The van der Waals surface area contributed by atoms with Gasteiger partial charge in [-0.25, -0.2) is 0 Å². The Morgan fingerprint density at radius 3 is 2.12 bits per heavy atom. The van der Waals surface area contributed by atoms with Gasteiger partial charge in [0.05, 0.1) is 12.7 Å². The van der Waals surface area contributed by atoms with E-state index in [2.05, 4.69) is 40.1 Å². The monoisotopic (exact) mass is 241 g/mol. The average Bonchev–Trinajstić information content (AvgIpc) is 2.66. The summed E-state index contributed by atoms with van der Waals surface area (Å²) in [5.74, 6) is 0.781. The third-order valence-corrected chi connectivity index (χ3v) is 4.10. The summed E-state index contributed by atoms with van der Waals surface area (Å²) >= 11 is 0. The Labute approximate surface area is 108 Å². The second-order valence-corrected chi connectivity index (χ2v) is 6.39. The van der Waals surface area contributed by atoms with E-state index in [1.807, 2.05) is 0 Å². The minimum atomic E-state index is 0.336. The van der Waals surface area contributed by atoms with E-state index in [-0.39, 0.29) is 0 Å². The van der Waals surface area contributed by atoms with Crippen LogP contribution >= 0.6 is 0 Å². The number of nitrogens with one attached hydrogen (secondary N) is 1. The first-order valence-electron chi connectivity index (χ1n) is 7.29. The molecule has 1 aliphatic rings. The van der Waals surface area contributed by atoms with Crippen molar-refractivity contribution in [2.45, 2.75) is 71.9 Å². The maximum Gasteiger partial charge on any atom is 0.0628 e. The summed E-state index contributed by atoms with van der Waals surface area (Å²) in [7, 11) is 2.09. The van der Waals surface area contributed by atoms with E-state index in [9.17, 15) is 0 Å². The largest absolute Gasteiger partial charge is 0.377 e. The zero-order valence-corrected chi connectivity index (χ0v) is 12.4. The molecule has 2 nitrogen and oxygen atoms in total. The topological polar surface area (TPSA) is 21.3 Å². The number of likely N-dealkylation sites (N-methyl/N-ethyl adjacent to an activating group) is 1. The predicted octanol–water partition coefficient (Wildman–Crippen LogP) is 3.61. The van der Waals surface area contributed by atoms with E-state index in [1.54, 1.807) is 0 Å². The van der Waals surface area contributed by atoms with E-state index in [0.717, 1.165) is 12.5 Å². The first-order chi connectivity index (χ1) is 8.00. The van der Waals surface area contributed by atoms with Crippen molar-refractivity contribution in [3.8, 4) is 0 Å². The van der Waals surface area contributed by atoms with Crippen molar-refractivity contribution in [1.82, 2.24) is 5.32 Å². The lowest BCUT2D eigenvalue weighted by atomic mass is 9.73. The van der Waals surface area contributed by atoms with Crippen molar-refractivity contribution in [3.05, 3.63) is 0 Å². The standard InChI is InChI=1S/C15H31NO/c1-12(2)10-15(8-6-7-9-15)14(16-5)11-17-13(3)4/h12-14,16H,6-11H2,1-5H3. The molecule has 1 fully saturated rings. The Hall–Kier alpha value is -0.0800. The molecule has 2 heteroatoms. The van der Waals surface area contributed by atoms with Crippen LogP contribution in [0.25, 0.3) is 0 Å². The highest BCUT2D eigenvalue weighted by molar-refractivity contribution is 4.94. The molecule has 0 spiro atoms. The second kappa shape index (κ2) is 6.75. The van der Waals surface area contributed by atoms with Gasteiger partial charge in [-0.1, -0.05) is 26.7 Å². The van der Waals surface area contributed by atoms with Gasteiger partial charge in [-0.2, -0.15) is 0 Å².